The number of rotatable bonds is 5. The van der Waals surface area contributed by atoms with E-state index < -0.39 is 0 Å². The van der Waals surface area contributed by atoms with E-state index in [-0.39, 0.29) is 29.2 Å². The largest absolute Gasteiger partial charge is 0.460 e. The van der Waals surface area contributed by atoms with Crippen molar-refractivity contribution in [2.24, 2.45) is 40.4 Å². The number of fused-ring (bicyclic) bond motifs is 5. The summed E-state index contributed by atoms with van der Waals surface area (Å²) in [7, 11) is 0. The molecule has 0 aromatic carbocycles. The molecule has 1 saturated heterocycles. The van der Waals surface area contributed by atoms with Crippen LogP contribution < -0.4 is 0 Å². The van der Waals surface area contributed by atoms with Crippen LogP contribution in [0, 0.1) is 40.4 Å². The van der Waals surface area contributed by atoms with Gasteiger partial charge in [-0.15, -0.1) is 0 Å². The maximum Gasteiger partial charge on any atom is 0.302 e. The lowest BCUT2D eigenvalue weighted by atomic mass is 9.46. The van der Waals surface area contributed by atoms with E-state index in [1.807, 2.05) is 6.08 Å². The van der Waals surface area contributed by atoms with Crippen molar-refractivity contribution >= 4 is 11.8 Å². The van der Waals surface area contributed by atoms with Crippen LogP contribution in [0.15, 0.2) is 11.6 Å². The maximum absolute atomic E-state index is 12.1. The van der Waals surface area contributed by atoms with Crippen LogP contribution in [0.25, 0.3) is 0 Å². The van der Waals surface area contributed by atoms with E-state index in [1.165, 1.54) is 44.6 Å². The fraction of sp³-hybridized carbons (Fsp3) is 0.862. The number of carbonyl (C=O) groups excluding carboxylic acids is 2. The molecule has 3 saturated carbocycles. The van der Waals surface area contributed by atoms with Gasteiger partial charge in [-0.05, 0) is 112 Å². The summed E-state index contributed by atoms with van der Waals surface area (Å²) in [5, 5.41) is 0. The molecule has 0 bridgehead atoms. The molecular weight excluding hydrogens is 412 g/mol. The molecule has 0 radical (unpaired) electrons. The van der Waals surface area contributed by atoms with Crippen molar-refractivity contribution < 1.29 is 19.1 Å². The van der Waals surface area contributed by atoms with Crippen LogP contribution in [0.5, 0.6) is 0 Å². The molecule has 4 aliphatic carbocycles. The minimum absolute atomic E-state index is 0.0297. The van der Waals surface area contributed by atoms with Gasteiger partial charge in [0.05, 0.1) is 5.60 Å². The zero-order valence-electron chi connectivity index (χ0n) is 21.6. The lowest BCUT2D eigenvalue weighted by Crippen LogP contribution is -2.51. The highest BCUT2D eigenvalue weighted by molar-refractivity contribution is 5.91. The van der Waals surface area contributed by atoms with Gasteiger partial charge < -0.3 is 9.47 Å². The van der Waals surface area contributed by atoms with Crippen LogP contribution in [0.1, 0.15) is 99.3 Å². The molecule has 184 valence electrons. The van der Waals surface area contributed by atoms with E-state index in [1.54, 1.807) is 0 Å². The van der Waals surface area contributed by atoms with E-state index in [2.05, 4.69) is 34.6 Å². The first-order chi connectivity index (χ1) is 15.5. The number of hydrogen-bond donors (Lipinski definition) is 0. The van der Waals surface area contributed by atoms with Gasteiger partial charge >= 0.3 is 5.97 Å². The Morgan fingerprint density at radius 2 is 1.82 bits per heavy atom. The second-order valence-corrected chi connectivity index (χ2v) is 13.2. The Balaban J connectivity index is 1.32. The molecule has 0 N–H and O–H groups in total. The van der Waals surface area contributed by atoms with Gasteiger partial charge in [-0.25, -0.2) is 0 Å². The molecule has 4 fully saturated rings. The van der Waals surface area contributed by atoms with Crippen molar-refractivity contribution in [3.63, 3.8) is 0 Å². The molecule has 4 heteroatoms. The smallest absolute Gasteiger partial charge is 0.302 e. The van der Waals surface area contributed by atoms with Gasteiger partial charge in [0, 0.05) is 13.3 Å². The monoisotopic (exact) mass is 456 g/mol. The standard InChI is InChI=1S/C29H44O4/c1-17(15-25(32-18(2)30)26-27(3,4)33-26)22-9-10-23-21-8-7-19-16-20(31)11-13-28(19,5)24(21)12-14-29(22,23)6/h16-17,21-26H,7-15H2,1-6H3/t17?,21-,22?,23?,24?,25?,26?,28-,29+/m0/s1. The van der Waals surface area contributed by atoms with Crippen LogP contribution in [-0.2, 0) is 19.1 Å². The molecular formula is C29H44O4. The van der Waals surface area contributed by atoms with Crippen molar-refractivity contribution in [1.29, 1.82) is 0 Å². The number of esters is 1. The lowest BCUT2D eigenvalue weighted by molar-refractivity contribution is -0.148. The van der Waals surface area contributed by atoms with Gasteiger partial charge in [0.2, 0.25) is 0 Å². The maximum atomic E-state index is 12.1. The summed E-state index contributed by atoms with van der Waals surface area (Å²) in [5.41, 5.74) is 1.91. The molecule has 0 amide bonds. The number of ketones is 1. The van der Waals surface area contributed by atoms with Gasteiger partial charge in [0.1, 0.15) is 12.2 Å². The second-order valence-electron chi connectivity index (χ2n) is 13.2. The minimum Gasteiger partial charge on any atom is -0.460 e. The third-order valence-electron chi connectivity index (χ3n) is 11.0. The summed E-state index contributed by atoms with van der Waals surface area (Å²) in [6, 6.07) is 0. The van der Waals surface area contributed by atoms with Crippen LogP contribution >= 0.6 is 0 Å². The number of carbonyl (C=O) groups is 2. The van der Waals surface area contributed by atoms with Gasteiger partial charge in [0.15, 0.2) is 5.78 Å². The summed E-state index contributed by atoms with van der Waals surface area (Å²) >= 11 is 0. The van der Waals surface area contributed by atoms with Crippen molar-refractivity contribution in [2.75, 3.05) is 0 Å². The molecule has 0 spiro atoms. The topological polar surface area (TPSA) is 55.9 Å². The SMILES string of the molecule is CC(=O)OC(CC(C)C1CCC2[C@@H]3CCC4=CC(=O)CC[C@]4(C)C3CC[C@]12C)C1OC1(C)C. The molecule has 0 aromatic rings. The molecule has 0 aromatic heterocycles. The molecule has 1 heterocycles. The number of ether oxygens (including phenoxy) is 2. The fourth-order valence-corrected chi connectivity index (χ4v) is 9.33. The Bertz CT molecular complexity index is 858. The summed E-state index contributed by atoms with van der Waals surface area (Å²) in [5.74, 6) is 3.68. The quantitative estimate of drug-likeness (QED) is 0.361. The van der Waals surface area contributed by atoms with Gasteiger partial charge in [-0.3, -0.25) is 9.59 Å². The van der Waals surface area contributed by atoms with Crippen LogP contribution in [0.2, 0.25) is 0 Å². The average Bonchev–Trinajstić information content (AvgIpc) is 3.21. The minimum atomic E-state index is -0.195. The Morgan fingerprint density at radius 3 is 2.48 bits per heavy atom. The highest BCUT2D eigenvalue weighted by atomic mass is 16.6. The first-order valence-electron chi connectivity index (χ1n) is 13.5. The molecule has 5 rings (SSSR count). The Morgan fingerprint density at radius 1 is 1.09 bits per heavy atom. The van der Waals surface area contributed by atoms with Crippen LogP contribution in [0.3, 0.4) is 0 Å². The summed E-state index contributed by atoms with van der Waals surface area (Å²) in [6.07, 6.45) is 12.2. The summed E-state index contributed by atoms with van der Waals surface area (Å²) < 4.78 is 11.7. The summed E-state index contributed by atoms with van der Waals surface area (Å²) in [6.45, 7) is 13.2. The first-order valence-corrected chi connectivity index (χ1v) is 13.5. The molecule has 33 heavy (non-hydrogen) atoms. The Hall–Kier alpha value is -1.16. The van der Waals surface area contributed by atoms with Gasteiger partial charge in [-0.1, -0.05) is 26.3 Å². The normalized spacial score (nSPS) is 45.2. The molecule has 6 unspecified atom stereocenters. The Labute approximate surface area is 200 Å². The van der Waals surface area contributed by atoms with Crippen LogP contribution in [-0.4, -0.2) is 29.6 Å². The molecule has 5 aliphatic rings. The third-order valence-corrected chi connectivity index (χ3v) is 11.0. The van der Waals surface area contributed by atoms with E-state index in [4.69, 9.17) is 9.47 Å². The highest BCUT2D eigenvalue weighted by Gasteiger charge is 2.60. The zero-order valence-corrected chi connectivity index (χ0v) is 21.6. The fourth-order valence-electron chi connectivity index (χ4n) is 9.33. The van der Waals surface area contributed by atoms with Crippen LogP contribution in [0.4, 0.5) is 0 Å². The third kappa shape index (κ3) is 3.83. The predicted molar refractivity (Wildman–Crippen MR) is 128 cm³/mol. The number of hydrogen-bond acceptors (Lipinski definition) is 4. The second kappa shape index (κ2) is 7.93. The molecule has 1 aliphatic heterocycles. The van der Waals surface area contributed by atoms with Crippen molar-refractivity contribution in [2.45, 2.75) is 117 Å². The van der Waals surface area contributed by atoms with Gasteiger partial charge in [-0.2, -0.15) is 0 Å². The predicted octanol–water partition coefficient (Wildman–Crippen LogP) is 6.27. The molecule has 9 atom stereocenters. The Kier molecular flexibility index (Phi) is 5.67. The lowest BCUT2D eigenvalue weighted by Gasteiger charge is -2.58. The van der Waals surface area contributed by atoms with E-state index in [0.29, 0.717) is 23.0 Å². The van der Waals surface area contributed by atoms with Gasteiger partial charge in [0.25, 0.3) is 0 Å². The van der Waals surface area contributed by atoms with E-state index in [9.17, 15) is 9.59 Å². The van der Waals surface area contributed by atoms with Crippen molar-refractivity contribution in [1.82, 2.24) is 0 Å². The molecule has 4 nitrogen and oxygen atoms in total. The highest BCUT2D eigenvalue weighted by Crippen LogP contribution is 2.67. The summed E-state index contributed by atoms with van der Waals surface area (Å²) in [4.78, 5) is 23.9. The number of allylic oxidation sites excluding steroid dienone is 1. The first kappa shape index (κ1) is 23.6. The van der Waals surface area contributed by atoms with Crippen molar-refractivity contribution in [3.05, 3.63) is 11.6 Å². The average molecular weight is 457 g/mol. The van der Waals surface area contributed by atoms with E-state index >= 15 is 0 Å². The van der Waals surface area contributed by atoms with E-state index in [0.717, 1.165) is 43.4 Å². The zero-order chi connectivity index (χ0) is 23.8. The number of epoxide rings is 1. The van der Waals surface area contributed by atoms with Crippen molar-refractivity contribution in [3.8, 4) is 0 Å².